The molecule has 0 aliphatic heterocycles. The van der Waals surface area contributed by atoms with Crippen molar-refractivity contribution in [3.63, 3.8) is 0 Å². The summed E-state index contributed by atoms with van der Waals surface area (Å²) in [6.07, 6.45) is 0.0480. The van der Waals surface area contributed by atoms with Gasteiger partial charge in [-0.3, -0.25) is 0 Å². The summed E-state index contributed by atoms with van der Waals surface area (Å²) in [5, 5.41) is 3.20. The summed E-state index contributed by atoms with van der Waals surface area (Å²) in [4.78, 5) is 8.67. The van der Waals surface area contributed by atoms with Crippen molar-refractivity contribution in [1.29, 1.82) is 0 Å². The van der Waals surface area contributed by atoms with Gasteiger partial charge in [0.05, 0.1) is 6.54 Å². The molecule has 1 aromatic carbocycles. The molecule has 1 N–H and O–H groups in total. The fourth-order valence-electron chi connectivity index (χ4n) is 1.81. The smallest absolute Gasteiger partial charge is 0.223 e. The van der Waals surface area contributed by atoms with E-state index in [0.717, 1.165) is 17.1 Å². The molecule has 100 valence electrons. The molecule has 4 nitrogen and oxygen atoms in total. The molecule has 1 atom stereocenters. The Bertz CT molecular complexity index is 508. The second-order valence-electron chi connectivity index (χ2n) is 4.60. The van der Waals surface area contributed by atoms with E-state index in [1.165, 1.54) is 0 Å². The molecule has 0 saturated carbocycles. The summed E-state index contributed by atoms with van der Waals surface area (Å²) < 4.78 is 5.78. The highest BCUT2D eigenvalue weighted by atomic mass is 16.5. The number of nitrogens with zero attached hydrogens (tertiary/aromatic N) is 2. The maximum absolute atomic E-state index is 5.78. The van der Waals surface area contributed by atoms with E-state index in [1.807, 2.05) is 57.2 Å². The number of hydrogen-bond acceptors (Lipinski definition) is 4. The zero-order chi connectivity index (χ0) is 13.7. The Labute approximate surface area is 113 Å². The molecule has 2 rings (SSSR count). The van der Waals surface area contributed by atoms with Crippen LogP contribution in [-0.2, 0) is 0 Å². The first-order valence-electron chi connectivity index (χ1n) is 6.41. The van der Waals surface area contributed by atoms with Crippen LogP contribution in [-0.4, -0.2) is 22.6 Å². The van der Waals surface area contributed by atoms with Crippen molar-refractivity contribution >= 4 is 5.95 Å². The molecule has 2 aromatic rings. The molecule has 0 radical (unpaired) electrons. The predicted octanol–water partition coefficient (Wildman–Crippen LogP) is 2.97. The molecule has 0 bridgehead atoms. The second kappa shape index (κ2) is 6.18. The van der Waals surface area contributed by atoms with Gasteiger partial charge in [-0.05, 0) is 39.0 Å². The molecular formula is C15H19N3O. The number of hydrogen-bond donors (Lipinski definition) is 1. The molecule has 0 aliphatic rings. The van der Waals surface area contributed by atoms with Gasteiger partial charge < -0.3 is 10.1 Å². The number of benzene rings is 1. The quantitative estimate of drug-likeness (QED) is 0.894. The van der Waals surface area contributed by atoms with Crippen LogP contribution in [0.3, 0.4) is 0 Å². The van der Waals surface area contributed by atoms with E-state index in [4.69, 9.17) is 4.74 Å². The lowest BCUT2D eigenvalue weighted by atomic mass is 10.3. The molecular weight excluding hydrogens is 238 g/mol. The van der Waals surface area contributed by atoms with Crippen LogP contribution < -0.4 is 10.1 Å². The molecule has 1 aromatic heterocycles. The van der Waals surface area contributed by atoms with Gasteiger partial charge in [0.15, 0.2) is 0 Å². The standard InChI is InChI=1S/C15H19N3O/c1-11-9-12(2)18-15(17-11)16-10-13(3)19-14-7-5-4-6-8-14/h4-9,13H,10H2,1-3H3,(H,16,17,18). The minimum Gasteiger partial charge on any atom is -0.489 e. The zero-order valence-corrected chi connectivity index (χ0v) is 11.6. The Hall–Kier alpha value is -2.10. The van der Waals surface area contributed by atoms with Crippen LogP contribution in [0.1, 0.15) is 18.3 Å². The molecule has 0 spiro atoms. The van der Waals surface area contributed by atoms with E-state index in [1.54, 1.807) is 0 Å². The molecule has 1 unspecified atom stereocenters. The van der Waals surface area contributed by atoms with Crippen molar-refractivity contribution < 1.29 is 4.74 Å². The lowest BCUT2D eigenvalue weighted by molar-refractivity contribution is 0.234. The van der Waals surface area contributed by atoms with Crippen LogP contribution in [0.5, 0.6) is 5.75 Å². The largest absolute Gasteiger partial charge is 0.489 e. The molecule has 19 heavy (non-hydrogen) atoms. The molecule has 0 aliphatic carbocycles. The molecule has 0 saturated heterocycles. The first-order chi connectivity index (χ1) is 9.13. The monoisotopic (exact) mass is 257 g/mol. The Kier molecular flexibility index (Phi) is 4.34. The number of aryl methyl sites for hydroxylation is 2. The second-order valence-corrected chi connectivity index (χ2v) is 4.60. The van der Waals surface area contributed by atoms with Crippen LogP contribution in [0.15, 0.2) is 36.4 Å². The van der Waals surface area contributed by atoms with Crippen LogP contribution in [0.25, 0.3) is 0 Å². The third-order valence-electron chi connectivity index (χ3n) is 2.61. The Balaban J connectivity index is 1.88. The van der Waals surface area contributed by atoms with Crippen molar-refractivity contribution in [3.05, 3.63) is 47.8 Å². The lowest BCUT2D eigenvalue weighted by Gasteiger charge is -2.15. The number of para-hydroxylation sites is 1. The highest BCUT2D eigenvalue weighted by Crippen LogP contribution is 2.11. The topological polar surface area (TPSA) is 47.0 Å². The predicted molar refractivity (Wildman–Crippen MR) is 76.5 cm³/mol. The third-order valence-corrected chi connectivity index (χ3v) is 2.61. The van der Waals surface area contributed by atoms with Crippen molar-refractivity contribution in [2.75, 3.05) is 11.9 Å². The first-order valence-corrected chi connectivity index (χ1v) is 6.41. The zero-order valence-electron chi connectivity index (χ0n) is 11.6. The van der Waals surface area contributed by atoms with Gasteiger partial charge in [0.2, 0.25) is 5.95 Å². The minimum absolute atomic E-state index is 0.0480. The van der Waals surface area contributed by atoms with Gasteiger partial charge in [-0.25, -0.2) is 9.97 Å². The fourth-order valence-corrected chi connectivity index (χ4v) is 1.81. The van der Waals surface area contributed by atoms with E-state index in [0.29, 0.717) is 12.5 Å². The molecule has 4 heteroatoms. The van der Waals surface area contributed by atoms with Gasteiger partial charge in [-0.2, -0.15) is 0 Å². The van der Waals surface area contributed by atoms with E-state index in [2.05, 4.69) is 15.3 Å². The summed E-state index contributed by atoms with van der Waals surface area (Å²) in [5.74, 6) is 1.53. The van der Waals surface area contributed by atoms with E-state index < -0.39 is 0 Å². The number of nitrogens with one attached hydrogen (secondary N) is 1. The minimum atomic E-state index is 0.0480. The number of ether oxygens (including phenoxy) is 1. The average molecular weight is 257 g/mol. The normalized spacial score (nSPS) is 11.9. The molecule has 1 heterocycles. The summed E-state index contributed by atoms with van der Waals surface area (Å²) in [5.41, 5.74) is 1.93. The summed E-state index contributed by atoms with van der Waals surface area (Å²) >= 11 is 0. The SMILES string of the molecule is Cc1cc(C)nc(NCC(C)Oc2ccccc2)n1. The number of aromatic nitrogens is 2. The summed E-state index contributed by atoms with van der Waals surface area (Å²) in [6, 6.07) is 11.7. The van der Waals surface area contributed by atoms with Gasteiger partial charge in [0, 0.05) is 11.4 Å². The van der Waals surface area contributed by atoms with Gasteiger partial charge in [-0.15, -0.1) is 0 Å². The molecule has 0 amide bonds. The Morgan fingerprint density at radius 1 is 1.11 bits per heavy atom. The Morgan fingerprint density at radius 3 is 2.37 bits per heavy atom. The van der Waals surface area contributed by atoms with E-state index in [-0.39, 0.29) is 6.10 Å². The molecule has 0 fully saturated rings. The van der Waals surface area contributed by atoms with Crippen LogP contribution in [0.4, 0.5) is 5.95 Å². The van der Waals surface area contributed by atoms with Crippen LogP contribution in [0.2, 0.25) is 0 Å². The van der Waals surface area contributed by atoms with Crippen molar-refractivity contribution in [1.82, 2.24) is 9.97 Å². The number of rotatable bonds is 5. The average Bonchev–Trinajstić information content (AvgIpc) is 2.36. The van der Waals surface area contributed by atoms with Gasteiger partial charge in [0.25, 0.3) is 0 Å². The van der Waals surface area contributed by atoms with E-state index >= 15 is 0 Å². The van der Waals surface area contributed by atoms with Crippen molar-refractivity contribution in [2.45, 2.75) is 26.9 Å². The maximum atomic E-state index is 5.78. The lowest BCUT2D eigenvalue weighted by Crippen LogP contribution is -2.23. The summed E-state index contributed by atoms with van der Waals surface area (Å²) in [7, 11) is 0. The Morgan fingerprint density at radius 2 is 1.74 bits per heavy atom. The van der Waals surface area contributed by atoms with Crippen LogP contribution in [0, 0.1) is 13.8 Å². The maximum Gasteiger partial charge on any atom is 0.223 e. The van der Waals surface area contributed by atoms with Crippen molar-refractivity contribution in [2.24, 2.45) is 0 Å². The summed E-state index contributed by atoms with van der Waals surface area (Å²) in [6.45, 7) is 6.61. The van der Waals surface area contributed by atoms with Gasteiger partial charge >= 0.3 is 0 Å². The van der Waals surface area contributed by atoms with Crippen molar-refractivity contribution in [3.8, 4) is 5.75 Å². The number of anilines is 1. The fraction of sp³-hybridized carbons (Fsp3) is 0.333. The van der Waals surface area contributed by atoms with E-state index in [9.17, 15) is 0 Å². The third kappa shape index (κ3) is 4.25. The first kappa shape index (κ1) is 13.3. The van der Waals surface area contributed by atoms with Crippen LogP contribution >= 0.6 is 0 Å². The highest BCUT2D eigenvalue weighted by Gasteiger charge is 2.05. The highest BCUT2D eigenvalue weighted by molar-refractivity contribution is 5.28. The van der Waals surface area contributed by atoms with Gasteiger partial charge in [-0.1, -0.05) is 18.2 Å². The van der Waals surface area contributed by atoms with Gasteiger partial charge in [0.1, 0.15) is 11.9 Å².